The molecule has 0 fully saturated rings. The minimum absolute atomic E-state index is 0.169. The van der Waals surface area contributed by atoms with E-state index in [0.717, 1.165) is 17.6 Å². The first kappa shape index (κ1) is 21.0. The van der Waals surface area contributed by atoms with Gasteiger partial charge in [-0.15, -0.1) is 0 Å². The van der Waals surface area contributed by atoms with Gasteiger partial charge in [-0.2, -0.15) is 0 Å². The molecule has 1 aliphatic heterocycles. The number of carbonyl (C=O) groups excluding carboxylic acids is 1. The van der Waals surface area contributed by atoms with Crippen LogP contribution in [0.2, 0.25) is 0 Å². The molecule has 156 valence electrons. The Morgan fingerprint density at radius 3 is 2.66 bits per heavy atom. The van der Waals surface area contributed by atoms with Gasteiger partial charge in [-0.25, -0.2) is 8.42 Å². The van der Waals surface area contributed by atoms with E-state index in [1.54, 1.807) is 24.3 Å². The predicted octanol–water partition coefficient (Wildman–Crippen LogP) is 2.50. The molecule has 2 atom stereocenters. The molecule has 0 bridgehead atoms. The molecule has 7 nitrogen and oxygen atoms in total. The average molecular weight is 419 g/mol. The van der Waals surface area contributed by atoms with Crippen LogP contribution < -0.4 is 19.1 Å². The van der Waals surface area contributed by atoms with Crippen LogP contribution in [0, 0.1) is 6.92 Å². The quantitative estimate of drug-likeness (QED) is 0.779. The topological polar surface area (TPSA) is 84.9 Å². The van der Waals surface area contributed by atoms with Crippen LogP contribution in [0.1, 0.15) is 18.9 Å². The van der Waals surface area contributed by atoms with E-state index in [2.05, 4.69) is 5.32 Å². The summed E-state index contributed by atoms with van der Waals surface area (Å²) < 4.78 is 37.2. The molecule has 0 aromatic heterocycles. The van der Waals surface area contributed by atoms with E-state index in [-0.39, 0.29) is 24.9 Å². The second kappa shape index (κ2) is 8.73. The van der Waals surface area contributed by atoms with Gasteiger partial charge in [0.2, 0.25) is 10.0 Å². The Labute approximate surface area is 171 Å². The summed E-state index contributed by atoms with van der Waals surface area (Å²) in [5.41, 5.74) is 1.47. The molecule has 1 N–H and O–H groups in total. The number of carbonyl (C=O) groups is 1. The zero-order valence-electron chi connectivity index (χ0n) is 16.8. The number of fused-ring (bicyclic) bond motifs is 1. The fourth-order valence-corrected chi connectivity index (χ4v) is 4.11. The first-order valence-corrected chi connectivity index (χ1v) is 11.3. The van der Waals surface area contributed by atoms with Crippen molar-refractivity contribution in [3.8, 4) is 11.5 Å². The number of sulfonamides is 1. The van der Waals surface area contributed by atoms with E-state index < -0.39 is 16.1 Å². The number of benzene rings is 2. The summed E-state index contributed by atoms with van der Waals surface area (Å²) in [6.07, 6.45) is 0.609. The van der Waals surface area contributed by atoms with Crippen molar-refractivity contribution in [2.24, 2.45) is 0 Å². The lowest BCUT2D eigenvalue weighted by atomic mass is 10.2. The Kier molecular flexibility index (Phi) is 6.32. The largest absolute Gasteiger partial charge is 0.491 e. The molecule has 1 heterocycles. The number of rotatable bonds is 6. The molecule has 0 aliphatic carbocycles. The van der Waals surface area contributed by atoms with Gasteiger partial charge in [0.25, 0.3) is 5.91 Å². The first-order valence-electron chi connectivity index (χ1n) is 9.48. The molecular weight excluding hydrogens is 392 g/mol. The van der Waals surface area contributed by atoms with Gasteiger partial charge in [-0.1, -0.05) is 30.3 Å². The van der Waals surface area contributed by atoms with Crippen LogP contribution in [0.15, 0.2) is 48.5 Å². The van der Waals surface area contributed by atoms with E-state index in [1.807, 2.05) is 38.1 Å². The fourth-order valence-electron chi connectivity index (χ4n) is 3.17. The van der Waals surface area contributed by atoms with Crippen molar-refractivity contribution < 1.29 is 22.7 Å². The highest BCUT2D eigenvalue weighted by molar-refractivity contribution is 7.92. The molecule has 0 radical (unpaired) electrons. The van der Waals surface area contributed by atoms with E-state index >= 15 is 0 Å². The highest BCUT2D eigenvalue weighted by Gasteiger charge is 2.31. The second-order valence-corrected chi connectivity index (χ2v) is 9.09. The number of hydrogen-bond acceptors (Lipinski definition) is 5. The lowest BCUT2D eigenvalue weighted by molar-refractivity contribution is -0.128. The smallest absolute Gasteiger partial charge is 0.261 e. The standard InChI is InChI=1S/C21H26N2O5S/c1-15-8-4-6-10-18(15)27-14-16(2)22-21(24)20-12-13-23(29(3,25)26)17-9-5-7-11-19(17)28-20/h4-11,16,20H,12-14H2,1-3H3,(H,22,24). The molecule has 0 spiro atoms. The summed E-state index contributed by atoms with van der Waals surface area (Å²) in [7, 11) is -3.48. The average Bonchev–Trinajstić information content (AvgIpc) is 2.87. The maximum atomic E-state index is 12.7. The minimum Gasteiger partial charge on any atom is -0.491 e. The van der Waals surface area contributed by atoms with Gasteiger partial charge >= 0.3 is 0 Å². The summed E-state index contributed by atoms with van der Waals surface area (Å²) in [5, 5.41) is 2.89. The molecule has 3 rings (SSSR count). The molecule has 29 heavy (non-hydrogen) atoms. The van der Waals surface area contributed by atoms with Crippen molar-refractivity contribution in [2.75, 3.05) is 23.7 Å². The molecular formula is C21H26N2O5S. The summed E-state index contributed by atoms with van der Waals surface area (Å²) in [6.45, 7) is 4.30. The minimum atomic E-state index is -3.48. The maximum absolute atomic E-state index is 12.7. The summed E-state index contributed by atoms with van der Waals surface area (Å²) >= 11 is 0. The highest BCUT2D eigenvalue weighted by Crippen LogP contribution is 2.33. The molecule has 2 aromatic rings. The Hall–Kier alpha value is -2.74. The van der Waals surface area contributed by atoms with Crippen LogP contribution in [0.5, 0.6) is 11.5 Å². The zero-order valence-corrected chi connectivity index (χ0v) is 17.6. The van der Waals surface area contributed by atoms with E-state index in [4.69, 9.17) is 9.47 Å². The SMILES string of the molecule is Cc1ccccc1OCC(C)NC(=O)C1CCN(S(C)(=O)=O)c2ccccc2O1. The van der Waals surface area contributed by atoms with E-state index in [1.165, 1.54) is 4.31 Å². The van der Waals surface area contributed by atoms with Gasteiger partial charge in [0.05, 0.1) is 18.0 Å². The first-order chi connectivity index (χ1) is 13.8. The third-order valence-corrected chi connectivity index (χ3v) is 5.84. The second-order valence-electron chi connectivity index (χ2n) is 7.18. The maximum Gasteiger partial charge on any atom is 0.261 e. The van der Waals surface area contributed by atoms with Gasteiger partial charge in [0.15, 0.2) is 6.10 Å². The van der Waals surface area contributed by atoms with Gasteiger partial charge in [0.1, 0.15) is 18.1 Å². The van der Waals surface area contributed by atoms with Crippen LogP contribution in [0.25, 0.3) is 0 Å². The molecule has 1 aliphatic rings. The van der Waals surface area contributed by atoms with Gasteiger partial charge < -0.3 is 14.8 Å². The van der Waals surface area contributed by atoms with Crippen molar-refractivity contribution >= 4 is 21.6 Å². The summed E-state index contributed by atoms with van der Waals surface area (Å²) in [4.78, 5) is 12.7. The van der Waals surface area contributed by atoms with Gasteiger partial charge in [-0.05, 0) is 37.6 Å². The van der Waals surface area contributed by atoms with E-state index in [9.17, 15) is 13.2 Å². The number of amides is 1. The third kappa shape index (κ3) is 5.20. The van der Waals surface area contributed by atoms with Gasteiger partial charge in [-0.3, -0.25) is 9.10 Å². The Bertz CT molecular complexity index is 977. The molecule has 0 saturated carbocycles. The van der Waals surface area contributed by atoms with E-state index in [0.29, 0.717) is 18.0 Å². The Balaban J connectivity index is 1.65. The van der Waals surface area contributed by atoms with Crippen molar-refractivity contribution in [1.82, 2.24) is 5.32 Å². The number of ether oxygens (including phenoxy) is 2. The highest BCUT2D eigenvalue weighted by atomic mass is 32.2. The molecule has 8 heteroatoms. The van der Waals surface area contributed by atoms with Crippen LogP contribution in [0.4, 0.5) is 5.69 Å². The van der Waals surface area contributed by atoms with Crippen molar-refractivity contribution in [3.05, 3.63) is 54.1 Å². The predicted molar refractivity (Wildman–Crippen MR) is 112 cm³/mol. The fraction of sp³-hybridized carbons (Fsp3) is 0.381. The summed E-state index contributed by atoms with van der Waals surface area (Å²) in [5.74, 6) is 0.854. The monoisotopic (exact) mass is 418 g/mol. The van der Waals surface area contributed by atoms with Crippen molar-refractivity contribution in [3.63, 3.8) is 0 Å². The number of anilines is 1. The van der Waals surface area contributed by atoms with Gasteiger partial charge in [0, 0.05) is 13.0 Å². The van der Waals surface area contributed by atoms with Crippen molar-refractivity contribution in [2.45, 2.75) is 32.4 Å². The number of hydrogen-bond donors (Lipinski definition) is 1. The molecule has 2 aromatic carbocycles. The van der Waals surface area contributed by atoms with Crippen LogP contribution in [-0.2, 0) is 14.8 Å². The third-order valence-electron chi connectivity index (χ3n) is 4.66. The normalized spacial score (nSPS) is 17.5. The number of para-hydroxylation sites is 3. The van der Waals surface area contributed by atoms with Crippen LogP contribution >= 0.6 is 0 Å². The molecule has 0 saturated heterocycles. The van der Waals surface area contributed by atoms with Crippen LogP contribution in [-0.4, -0.2) is 45.9 Å². The zero-order chi connectivity index (χ0) is 21.0. The lowest BCUT2D eigenvalue weighted by Crippen LogP contribution is -2.45. The Morgan fingerprint density at radius 1 is 1.24 bits per heavy atom. The summed E-state index contributed by atoms with van der Waals surface area (Å²) in [6, 6.07) is 14.3. The number of aryl methyl sites for hydroxylation is 1. The number of nitrogens with one attached hydrogen (secondary N) is 1. The van der Waals surface area contributed by atoms with Crippen LogP contribution in [0.3, 0.4) is 0 Å². The lowest BCUT2D eigenvalue weighted by Gasteiger charge is -2.20. The molecule has 1 amide bonds. The van der Waals surface area contributed by atoms with Crippen molar-refractivity contribution in [1.29, 1.82) is 0 Å². The molecule has 2 unspecified atom stereocenters. The Morgan fingerprint density at radius 2 is 1.93 bits per heavy atom. The number of nitrogens with zero attached hydrogens (tertiary/aromatic N) is 1.